The summed E-state index contributed by atoms with van der Waals surface area (Å²) in [5.41, 5.74) is 0. The zero-order valence-electron chi connectivity index (χ0n) is 17.1. The number of carbonyl (C=O) groups excluding carboxylic acids is 1. The van der Waals surface area contributed by atoms with E-state index in [4.69, 9.17) is 4.55 Å². The summed E-state index contributed by atoms with van der Waals surface area (Å²) in [6, 6.07) is 0. The molecule has 1 N–H and O–H groups in total. The first kappa shape index (κ1) is 29.2. The summed E-state index contributed by atoms with van der Waals surface area (Å²) in [6.07, 6.45) is 11.8. The van der Waals surface area contributed by atoms with Crippen LogP contribution in [0.2, 0.25) is 0 Å². The minimum absolute atomic E-state index is 0. The summed E-state index contributed by atoms with van der Waals surface area (Å²) >= 11 is 0. The molecule has 0 aliphatic heterocycles. The van der Waals surface area contributed by atoms with Gasteiger partial charge in [-0.05, 0) is 13.3 Å². The van der Waals surface area contributed by atoms with Crippen LogP contribution in [0, 0.1) is 5.92 Å². The molecule has 0 aliphatic rings. The van der Waals surface area contributed by atoms with E-state index in [2.05, 4.69) is 16.4 Å². The van der Waals surface area contributed by atoms with Crippen LogP contribution < -0.4 is 51.4 Å². The first-order valence-corrected chi connectivity index (χ1v) is 11.0. The molecule has 2 atom stereocenters. The van der Waals surface area contributed by atoms with Gasteiger partial charge in [0.15, 0.2) is 0 Å². The van der Waals surface area contributed by atoms with Crippen molar-refractivity contribution < 1.29 is 73.3 Å². The van der Waals surface area contributed by atoms with Gasteiger partial charge in [0.1, 0.15) is 0 Å². The molecule has 0 bridgehead atoms. The number of hydrogen-bond acceptors (Lipinski definition) is 4. The average Bonchev–Trinajstić information content (AvgIpc) is 2.50. The standard InChI is InChI=1S/C18H37NO5S.K/c1-4-5-6-7-8-9-10-11-12-13-14-19-18(20)16(2)15-17(3)24-25(21,22)23;/h16-17H,4-15H2,1-3H3,(H2,19,20,21,22,23);/q;+1/p-1. The van der Waals surface area contributed by atoms with Gasteiger partial charge < -0.3 is 10.1 Å². The van der Waals surface area contributed by atoms with Crippen molar-refractivity contribution in [3.8, 4) is 0 Å². The summed E-state index contributed by atoms with van der Waals surface area (Å²) in [7, 11) is -4.48. The monoisotopic (exact) mass is 417 g/mol. The Morgan fingerprint density at radius 2 is 1.42 bits per heavy atom. The van der Waals surface area contributed by atoms with Crippen LogP contribution in [-0.2, 0) is 19.4 Å². The minimum Gasteiger partial charge on any atom is -0.653 e. The number of nitrogens with zero attached hydrogens (tertiary/aromatic N) is 1. The molecule has 0 rings (SSSR count). The van der Waals surface area contributed by atoms with Gasteiger partial charge >= 0.3 is 61.8 Å². The number of carbonyl (C=O) groups is 1. The molecule has 0 aromatic heterocycles. The maximum Gasteiger partial charge on any atom is 1.00 e. The van der Waals surface area contributed by atoms with E-state index in [9.17, 15) is 13.2 Å². The average molecular weight is 418 g/mol. The van der Waals surface area contributed by atoms with E-state index < -0.39 is 22.4 Å². The second-order valence-corrected chi connectivity index (χ2v) is 7.92. The molecule has 0 aromatic rings. The third-order valence-corrected chi connectivity index (χ3v) is 4.74. The SMILES string of the molecule is CCCCCCCCCCCC[N-]C(=O)C(C)CC(C)OS(=O)(=O)O.[K+]. The molecule has 6 nitrogen and oxygen atoms in total. The molecule has 0 aliphatic carbocycles. The zero-order chi connectivity index (χ0) is 19.1. The van der Waals surface area contributed by atoms with Crippen LogP contribution in [0.1, 0.15) is 91.4 Å². The van der Waals surface area contributed by atoms with Gasteiger partial charge in [-0.25, -0.2) is 4.18 Å². The van der Waals surface area contributed by atoms with Crippen molar-refractivity contribution in [1.82, 2.24) is 0 Å². The maximum atomic E-state index is 11.9. The number of rotatable bonds is 16. The molecule has 0 aromatic carbocycles. The summed E-state index contributed by atoms with van der Waals surface area (Å²) in [4.78, 5) is 11.9. The van der Waals surface area contributed by atoms with Crippen LogP contribution in [0.5, 0.6) is 0 Å². The summed E-state index contributed by atoms with van der Waals surface area (Å²) in [5, 5.41) is 4.03. The molecule has 0 saturated heterocycles. The summed E-state index contributed by atoms with van der Waals surface area (Å²) in [6.45, 7) is 5.94. The van der Waals surface area contributed by atoms with Crippen LogP contribution in [0.4, 0.5) is 0 Å². The molecule has 2 unspecified atom stereocenters. The van der Waals surface area contributed by atoms with E-state index in [1.807, 2.05) is 0 Å². The zero-order valence-corrected chi connectivity index (χ0v) is 21.0. The van der Waals surface area contributed by atoms with Gasteiger partial charge in [-0.15, -0.1) is 6.54 Å². The molecule has 8 heteroatoms. The van der Waals surface area contributed by atoms with Gasteiger partial charge in [0.25, 0.3) is 0 Å². The molecular weight excluding hydrogens is 381 g/mol. The fourth-order valence-electron chi connectivity index (χ4n) is 2.79. The predicted octanol–water partition coefficient (Wildman–Crippen LogP) is 2.05. The van der Waals surface area contributed by atoms with Crippen molar-refractivity contribution >= 4 is 16.3 Å². The van der Waals surface area contributed by atoms with E-state index >= 15 is 0 Å². The Morgan fingerprint density at radius 3 is 1.88 bits per heavy atom. The maximum absolute atomic E-state index is 11.9. The minimum atomic E-state index is -4.48. The molecule has 0 fully saturated rings. The second kappa shape index (κ2) is 18.0. The van der Waals surface area contributed by atoms with E-state index in [0.717, 1.165) is 12.8 Å². The third kappa shape index (κ3) is 19.7. The molecular formula is C18H36KNO5S. The fraction of sp³-hybridized carbons (Fsp3) is 0.944. The van der Waals surface area contributed by atoms with Crippen molar-refractivity contribution in [3.63, 3.8) is 0 Å². The van der Waals surface area contributed by atoms with Crippen LogP contribution in [0.25, 0.3) is 5.32 Å². The first-order chi connectivity index (χ1) is 11.8. The van der Waals surface area contributed by atoms with Crippen molar-refractivity contribution in [2.75, 3.05) is 6.54 Å². The second-order valence-electron chi connectivity index (χ2n) is 6.87. The summed E-state index contributed by atoms with van der Waals surface area (Å²) in [5.74, 6) is -0.651. The van der Waals surface area contributed by atoms with Crippen molar-refractivity contribution in [2.45, 2.75) is 97.5 Å². The molecule has 1 amide bonds. The topological polar surface area (TPSA) is 94.8 Å². The van der Waals surface area contributed by atoms with E-state index in [1.165, 1.54) is 58.3 Å². The number of hydrogen-bond donors (Lipinski definition) is 1. The van der Waals surface area contributed by atoms with Crippen molar-refractivity contribution in [2.24, 2.45) is 5.92 Å². The Kier molecular flexibility index (Phi) is 20.2. The fourth-order valence-corrected chi connectivity index (χ4v) is 3.28. The molecule has 0 saturated carbocycles. The van der Waals surface area contributed by atoms with Gasteiger partial charge in [-0.1, -0.05) is 78.1 Å². The van der Waals surface area contributed by atoms with Gasteiger partial charge in [0.05, 0.1) is 12.0 Å². The smallest absolute Gasteiger partial charge is 0.653 e. The van der Waals surface area contributed by atoms with Gasteiger partial charge in [0, 0.05) is 5.92 Å². The number of unbranched alkanes of at least 4 members (excludes halogenated alkanes) is 9. The van der Waals surface area contributed by atoms with Gasteiger partial charge in [-0.3, -0.25) is 4.55 Å². The quantitative estimate of drug-likeness (QED) is 0.236. The van der Waals surface area contributed by atoms with E-state index in [1.54, 1.807) is 6.92 Å². The Morgan fingerprint density at radius 1 is 0.962 bits per heavy atom. The Bertz CT molecular complexity index is 445. The normalized spacial score (nSPS) is 13.7. The largest absolute Gasteiger partial charge is 1.00 e. The van der Waals surface area contributed by atoms with Crippen LogP contribution in [0.15, 0.2) is 0 Å². The Labute approximate surface area is 203 Å². The Balaban J connectivity index is 0. The molecule has 0 heterocycles. The van der Waals surface area contributed by atoms with Crippen molar-refractivity contribution in [1.29, 1.82) is 0 Å². The van der Waals surface area contributed by atoms with E-state index in [-0.39, 0.29) is 63.7 Å². The van der Waals surface area contributed by atoms with Crippen LogP contribution in [-0.4, -0.2) is 31.5 Å². The number of amides is 1. The predicted molar refractivity (Wildman–Crippen MR) is 101 cm³/mol. The van der Waals surface area contributed by atoms with Crippen molar-refractivity contribution in [3.05, 3.63) is 5.32 Å². The molecule has 0 spiro atoms. The molecule has 150 valence electrons. The van der Waals surface area contributed by atoms with E-state index in [0.29, 0.717) is 6.54 Å². The first-order valence-electron chi connectivity index (χ1n) is 9.63. The Hall–Kier alpha value is 0.976. The van der Waals surface area contributed by atoms with Crippen LogP contribution >= 0.6 is 0 Å². The third-order valence-electron chi connectivity index (χ3n) is 4.17. The molecule has 26 heavy (non-hydrogen) atoms. The van der Waals surface area contributed by atoms with Gasteiger partial charge in [-0.2, -0.15) is 8.42 Å². The molecule has 0 radical (unpaired) electrons. The van der Waals surface area contributed by atoms with Crippen LogP contribution in [0.3, 0.4) is 0 Å². The summed E-state index contributed by atoms with van der Waals surface area (Å²) < 4.78 is 34.2. The van der Waals surface area contributed by atoms with Gasteiger partial charge in [0.2, 0.25) is 0 Å².